The van der Waals surface area contributed by atoms with Crippen LogP contribution in [-0.2, 0) is 21.9 Å². The zero-order chi connectivity index (χ0) is 33.2. The molecule has 0 aliphatic carbocycles. The molecular formula is C44H55N3. The molecule has 7 rings (SSSR count). The van der Waals surface area contributed by atoms with Crippen LogP contribution in [0.25, 0.3) is 22.3 Å². The number of nitrogens with zero attached hydrogens (tertiary/aromatic N) is 2. The predicted octanol–water partition coefficient (Wildman–Crippen LogP) is 9.40. The number of benzene rings is 4. The van der Waals surface area contributed by atoms with E-state index < -0.39 is 0 Å². The van der Waals surface area contributed by atoms with Crippen LogP contribution in [0.4, 0.5) is 0 Å². The molecule has 0 aromatic heterocycles. The fraction of sp³-hybridized carbons (Fsp3) is 0.455. The molecule has 47 heavy (non-hydrogen) atoms. The molecule has 3 aliphatic rings. The first-order valence-corrected chi connectivity index (χ1v) is 17.9. The first-order chi connectivity index (χ1) is 22.3. The third-order valence-electron chi connectivity index (χ3n) is 12.2. The van der Waals surface area contributed by atoms with E-state index >= 15 is 0 Å². The summed E-state index contributed by atoms with van der Waals surface area (Å²) >= 11 is 0. The van der Waals surface area contributed by atoms with E-state index in [-0.39, 0.29) is 21.9 Å². The summed E-state index contributed by atoms with van der Waals surface area (Å²) in [4.78, 5) is 5.02. The first-order valence-electron chi connectivity index (χ1n) is 17.9. The number of likely N-dealkylation sites (tertiary alicyclic amines) is 2. The minimum atomic E-state index is -0.110. The van der Waals surface area contributed by atoms with E-state index in [0.717, 1.165) is 25.9 Å². The summed E-state index contributed by atoms with van der Waals surface area (Å²) in [6, 6.07) is 32.7. The van der Waals surface area contributed by atoms with Crippen LogP contribution in [0.5, 0.6) is 0 Å². The molecule has 3 heterocycles. The van der Waals surface area contributed by atoms with Gasteiger partial charge in [-0.15, -0.1) is 0 Å². The zero-order valence-corrected chi connectivity index (χ0v) is 30.1. The van der Waals surface area contributed by atoms with Gasteiger partial charge in [0.2, 0.25) is 0 Å². The standard InChI is InChI=1S/C44H55N3/c1-31-9-11-32(12-10-31)33-13-15-34(16-14-33)35-17-19-36(20-18-35)44(25-29-47(8)30-26-44)38-22-21-37(43(6)23-27-46(7)28-24-43)39-40(38)42(4,5)45-41(39,2)3/h9-22,45H,23-30H2,1-8H3. The monoisotopic (exact) mass is 625 g/mol. The Labute approximate surface area is 284 Å². The van der Waals surface area contributed by atoms with E-state index in [1.165, 1.54) is 59.3 Å². The van der Waals surface area contributed by atoms with E-state index in [1.54, 1.807) is 22.3 Å². The Hall–Kier alpha value is -3.24. The second-order valence-electron chi connectivity index (χ2n) is 16.6. The maximum Gasteiger partial charge on any atom is 0.0391 e. The van der Waals surface area contributed by atoms with Crippen molar-refractivity contribution >= 4 is 0 Å². The topological polar surface area (TPSA) is 18.5 Å². The minimum Gasteiger partial charge on any atom is -0.306 e. The molecule has 1 N–H and O–H groups in total. The van der Waals surface area contributed by atoms with Gasteiger partial charge in [0.15, 0.2) is 0 Å². The lowest BCUT2D eigenvalue weighted by Gasteiger charge is -2.45. The molecular weight excluding hydrogens is 571 g/mol. The minimum absolute atomic E-state index is 0.0178. The Morgan fingerprint density at radius 2 is 0.872 bits per heavy atom. The molecule has 0 bridgehead atoms. The normalized spacial score (nSPS) is 21.8. The number of fused-ring (bicyclic) bond motifs is 1. The van der Waals surface area contributed by atoms with E-state index in [9.17, 15) is 0 Å². The van der Waals surface area contributed by atoms with Gasteiger partial charge in [-0.1, -0.05) is 97.4 Å². The summed E-state index contributed by atoms with van der Waals surface area (Å²) in [5.74, 6) is 0. The van der Waals surface area contributed by atoms with Crippen LogP contribution in [-0.4, -0.2) is 50.1 Å². The summed E-state index contributed by atoms with van der Waals surface area (Å²) in [6.07, 6.45) is 4.71. The smallest absolute Gasteiger partial charge is 0.0391 e. The number of aryl methyl sites for hydroxylation is 1. The lowest BCUT2D eigenvalue weighted by Crippen LogP contribution is -2.44. The van der Waals surface area contributed by atoms with Gasteiger partial charge in [-0.25, -0.2) is 0 Å². The quantitative estimate of drug-likeness (QED) is 0.238. The lowest BCUT2D eigenvalue weighted by atomic mass is 9.62. The molecule has 2 fully saturated rings. The van der Waals surface area contributed by atoms with Gasteiger partial charge in [0, 0.05) is 16.5 Å². The maximum absolute atomic E-state index is 4.13. The van der Waals surface area contributed by atoms with Crippen LogP contribution in [0.3, 0.4) is 0 Å². The van der Waals surface area contributed by atoms with Crippen LogP contribution in [0.1, 0.15) is 93.7 Å². The Kier molecular flexibility index (Phi) is 8.06. The molecule has 0 saturated carbocycles. The van der Waals surface area contributed by atoms with Gasteiger partial charge in [0.1, 0.15) is 0 Å². The highest BCUT2D eigenvalue weighted by Gasteiger charge is 2.50. The Morgan fingerprint density at radius 3 is 1.36 bits per heavy atom. The zero-order valence-electron chi connectivity index (χ0n) is 30.1. The van der Waals surface area contributed by atoms with Crippen molar-refractivity contribution < 1.29 is 0 Å². The average Bonchev–Trinajstić information content (AvgIpc) is 3.26. The summed E-state index contributed by atoms with van der Waals surface area (Å²) < 4.78 is 0. The molecule has 0 spiro atoms. The molecule has 4 aromatic carbocycles. The second kappa shape index (κ2) is 11.7. The maximum atomic E-state index is 4.13. The Morgan fingerprint density at radius 1 is 0.489 bits per heavy atom. The lowest BCUT2D eigenvalue weighted by molar-refractivity contribution is 0.197. The highest BCUT2D eigenvalue weighted by Crippen LogP contribution is 2.54. The van der Waals surface area contributed by atoms with Crippen LogP contribution >= 0.6 is 0 Å². The van der Waals surface area contributed by atoms with E-state index in [4.69, 9.17) is 0 Å². The molecule has 3 nitrogen and oxygen atoms in total. The van der Waals surface area contributed by atoms with E-state index in [1.807, 2.05) is 0 Å². The molecule has 0 amide bonds. The van der Waals surface area contributed by atoms with Gasteiger partial charge < -0.3 is 9.80 Å². The molecule has 246 valence electrons. The van der Waals surface area contributed by atoms with Crippen molar-refractivity contribution in [2.24, 2.45) is 0 Å². The predicted molar refractivity (Wildman–Crippen MR) is 199 cm³/mol. The molecule has 2 saturated heterocycles. The number of piperidine rings is 2. The summed E-state index contributed by atoms with van der Waals surface area (Å²) in [5, 5.41) is 4.13. The van der Waals surface area contributed by atoms with Gasteiger partial charge >= 0.3 is 0 Å². The highest BCUT2D eigenvalue weighted by molar-refractivity contribution is 5.71. The largest absolute Gasteiger partial charge is 0.306 e. The SMILES string of the molecule is Cc1ccc(-c2ccc(-c3ccc(C4(c5ccc(C6(C)CCN(C)CC6)c6c5C(C)(C)NC6(C)C)CCN(C)CC4)cc3)cc2)cc1. The van der Waals surface area contributed by atoms with Crippen molar-refractivity contribution in [3.05, 3.63) is 118 Å². The second-order valence-corrected chi connectivity index (χ2v) is 16.6. The van der Waals surface area contributed by atoms with Crippen molar-refractivity contribution in [1.29, 1.82) is 0 Å². The number of nitrogens with one attached hydrogen (secondary N) is 1. The van der Waals surface area contributed by atoms with Crippen molar-refractivity contribution in [2.45, 2.75) is 89.1 Å². The van der Waals surface area contributed by atoms with E-state index in [0.29, 0.717) is 0 Å². The van der Waals surface area contributed by atoms with Gasteiger partial charge in [-0.2, -0.15) is 0 Å². The van der Waals surface area contributed by atoms with Crippen LogP contribution in [0.2, 0.25) is 0 Å². The molecule has 0 radical (unpaired) electrons. The molecule has 0 unspecified atom stereocenters. The van der Waals surface area contributed by atoms with Gasteiger partial charge in [-0.05, 0) is 156 Å². The van der Waals surface area contributed by atoms with E-state index in [2.05, 4.69) is 156 Å². The van der Waals surface area contributed by atoms with Crippen LogP contribution < -0.4 is 5.32 Å². The molecule has 3 aliphatic heterocycles. The molecule has 0 atom stereocenters. The number of hydrogen-bond acceptors (Lipinski definition) is 3. The van der Waals surface area contributed by atoms with Crippen molar-refractivity contribution in [3.63, 3.8) is 0 Å². The van der Waals surface area contributed by atoms with Crippen LogP contribution in [0, 0.1) is 6.92 Å². The molecule has 3 heteroatoms. The van der Waals surface area contributed by atoms with Crippen molar-refractivity contribution in [1.82, 2.24) is 15.1 Å². The van der Waals surface area contributed by atoms with Gasteiger partial charge in [-0.3, -0.25) is 5.32 Å². The third-order valence-corrected chi connectivity index (χ3v) is 12.2. The number of hydrogen-bond donors (Lipinski definition) is 1. The fourth-order valence-electron chi connectivity index (χ4n) is 9.39. The van der Waals surface area contributed by atoms with Gasteiger partial charge in [0.05, 0.1) is 0 Å². The number of rotatable bonds is 5. The van der Waals surface area contributed by atoms with Crippen molar-refractivity contribution in [3.8, 4) is 22.3 Å². The third kappa shape index (κ3) is 5.69. The average molecular weight is 626 g/mol. The first kappa shape index (κ1) is 32.3. The fourth-order valence-corrected chi connectivity index (χ4v) is 9.39. The Bertz CT molecular complexity index is 1730. The van der Waals surface area contributed by atoms with Crippen LogP contribution in [0.15, 0.2) is 84.9 Å². The summed E-state index contributed by atoms with van der Waals surface area (Å²) in [6.45, 7) is 18.9. The summed E-state index contributed by atoms with van der Waals surface area (Å²) in [5.41, 5.74) is 14.1. The highest BCUT2D eigenvalue weighted by atomic mass is 15.1. The van der Waals surface area contributed by atoms with Crippen molar-refractivity contribution in [2.75, 3.05) is 40.3 Å². The summed E-state index contributed by atoms with van der Waals surface area (Å²) in [7, 11) is 4.56. The van der Waals surface area contributed by atoms with Gasteiger partial charge in [0.25, 0.3) is 0 Å². The Balaban J connectivity index is 1.31. The molecule has 4 aromatic rings.